The largest absolute Gasteiger partial charge is 0.359 e. The topological polar surface area (TPSA) is 58.4 Å². The number of nitrogens with zero attached hydrogens (tertiary/aromatic N) is 2. The number of anilines is 1. The molecule has 2 amide bonds. The fraction of sp³-hybridized carbons (Fsp3) is 0.444. The van der Waals surface area contributed by atoms with Gasteiger partial charge in [-0.15, -0.1) is 0 Å². The molecule has 0 fully saturated rings. The average molecular weight is 313 g/mol. The van der Waals surface area contributed by atoms with E-state index in [0.717, 1.165) is 18.7 Å². The van der Waals surface area contributed by atoms with E-state index in [-0.39, 0.29) is 11.9 Å². The van der Waals surface area contributed by atoms with Gasteiger partial charge in [0, 0.05) is 25.1 Å². The van der Waals surface area contributed by atoms with Gasteiger partial charge in [-0.25, -0.2) is 4.79 Å². The number of carbonyl (C=O) groups is 1. The van der Waals surface area contributed by atoms with Gasteiger partial charge in [-0.05, 0) is 37.0 Å². The second-order valence-electron chi connectivity index (χ2n) is 6.59. The van der Waals surface area contributed by atoms with Gasteiger partial charge in [-0.3, -0.25) is 5.32 Å². The Kier molecular flexibility index (Phi) is 4.11. The van der Waals surface area contributed by atoms with Crippen molar-refractivity contribution >= 4 is 11.8 Å². The van der Waals surface area contributed by atoms with Crippen LogP contribution in [0.1, 0.15) is 47.8 Å². The Morgan fingerprint density at radius 3 is 2.78 bits per heavy atom. The number of benzene rings is 1. The minimum Gasteiger partial charge on any atom is -0.359 e. The Hall–Kier alpha value is -2.30. The third-order valence-electron chi connectivity index (χ3n) is 4.32. The van der Waals surface area contributed by atoms with Crippen LogP contribution in [0.3, 0.4) is 0 Å². The summed E-state index contributed by atoms with van der Waals surface area (Å²) in [5, 5.41) is 6.74. The van der Waals surface area contributed by atoms with Gasteiger partial charge in [0.2, 0.25) is 0 Å². The minimum absolute atomic E-state index is 0.126. The summed E-state index contributed by atoms with van der Waals surface area (Å²) in [5.74, 6) is 1.50. The Morgan fingerprint density at radius 2 is 2.09 bits per heavy atom. The highest BCUT2D eigenvalue weighted by Crippen LogP contribution is 2.25. The van der Waals surface area contributed by atoms with Gasteiger partial charge in [0.15, 0.2) is 5.82 Å². The number of aromatic nitrogens is 1. The highest BCUT2D eigenvalue weighted by molar-refractivity contribution is 5.88. The first kappa shape index (κ1) is 15.6. The number of hydrogen-bond acceptors (Lipinski definition) is 3. The molecule has 0 saturated heterocycles. The van der Waals surface area contributed by atoms with Crippen molar-refractivity contribution in [3.63, 3.8) is 0 Å². The molecule has 3 rings (SSSR count). The van der Waals surface area contributed by atoms with Crippen molar-refractivity contribution in [2.75, 3.05) is 11.9 Å². The Balaban J connectivity index is 1.71. The highest BCUT2D eigenvalue weighted by Gasteiger charge is 2.23. The molecule has 1 aliphatic heterocycles. The number of hydrogen-bond donors (Lipinski definition) is 1. The zero-order valence-corrected chi connectivity index (χ0v) is 14.1. The molecule has 0 spiro atoms. The molecule has 1 N–H and O–H groups in total. The summed E-state index contributed by atoms with van der Waals surface area (Å²) in [4.78, 5) is 14.3. The Labute approximate surface area is 136 Å². The molecule has 0 unspecified atom stereocenters. The summed E-state index contributed by atoms with van der Waals surface area (Å²) in [6.45, 7) is 9.65. The predicted molar refractivity (Wildman–Crippen MR) is 89.6 cm³/mol. The number of nitrogens with one attached hydrogen (secondary N) is 1. The smallest absolute Gasteiger partial charge is 0.323 e. The summed E-state index contributed by atoms with van der Waals surface area (Å²) in [5.41, 5.74) is 5.18. The van der Waals surface area contributed by atoms with Crippen LogP contribution in [0.25, 0.3) is 0 Å². The van der Waals surface area contributed by atoms with E-state index in [1.54, 1.807) is 6.07 Å². The lowest BCUT2D eigenvalue weighted by atomic mass is 9.93. The first-order valence-electron chi connectivity index (χ1n) is 8.05. The molecule has 1 aliphatic rings. The molecule has 1 aromatic carbocycles. The maximum atomic E-state index is 12.5. The van der Waals surface area contributed by atoms with Crippen LogP contribution >= 0.6 is 0 Å². The van der Waals surface area contributed by atoms with E-state index in [0.29, 0.717) is 12.4 Å². The van der Waals surface area contributed by atoms with Gasteiger partial charge in [-0.1, -0.05) is 36.7 Å². The SMILES string of the molecule is Cc1cc(C)c2c(c1)CN(C(=O)Nc1cc(C(C)C)on1)CC2. The van der Waals surface area contributed by atoms with Crippen LogP contribution in [0.5, 0.6) is 0 Å². The molecule has 5 heteroatoms. The number of aryl methyl sites for hydroxylation is 2. The predicted octanol–water partition coefficient (Wildman–Crippen LogP) is 4.01. The number of urea groups is 1. The number of amides is 2. The summed E-state index contributed by atoms with van der Waals surface area (Å²) >= 11 is 0. The van der Waals surface area contributed by atoms with Crippen molar-refractivity contribution in [1.82, 2.24) is 10.1 Å². The molecular formula is C18H23N3O2. The fourth-order valence-electron chi connectivity index (χ4n) is 3.10. The van der Waals surface area contributed by atoms with Crippen molar-refractivity contribution in [1.29, 1.82) is 0 Å². The molecule has 122 valence electrons. The number of carbonyl (C=O) groups excluding carboxylic acids is 1. The van der Waals surface area contributed by atoms with Crippen LogP contribution in [-0.2, 0) is 13.0 Å². The molecule has 0 atom stereocenters. The quantitative estimate of drug-likeness (QED) is 0.911. The van der Waals surface area contributed by atoms with Crippen LogP contribution in [-0.4, -0.2) is 22.6 Å². The maximum Gasteiger partial charge on any atom is 0.323 e. The van der Waals surface area contributed by atoms with Crippen molar-refractivity contribution in [2.24, 2.45) is 0 Å². The molecule has 5 nitrogen and oxygen atoms in total. The Morgan fingerprint density at radius 1 is 1.30 bits per heavy atom. The number of rotatable bonds is 2. The van der Waals surface area contributed by atoms with Crippen LogP contribution < -0.4 is 5.32 Å². The van der Waals surface area contributed by atoms with Crippen molar-refractivity contribution in [3.05, 3.63) is 46.2 Å². The molecule has 0 bridgehead atoms. The second kappa shape index (κ2) is 6.07. The minimum atomic E-state index is -0.126. The Bertz CT molecular complexity index is 734. The fourth-order valence-corrected chi connectivity index (χ4v) is 3.10. The zero-order valence-electron chi connectivity index (χ0n) is 14.1. The maximum absolute atomic E-state index is 12.5. The summed E-state index contributed by atoms with van der Waals surface area (Å²) in [6.07, 6.45) is 0.894. The van der Waals surface area contributed by atoms with E-state index in [2.05, 4.69) is 36.5 Å². The first-order chi connectivity index (χ1) is 10.9. The van der Waals surface area contributed by atoms with Crippen LogP contribution in [0.2, 0.25) is 0 Å². The standard InChI is InChI=1S/C18H23N3O2/c1-11(2)16-9-17(20-23-16)19-18(22)21-6-5-15-13(4)7-12(3)8-14(15)10-21/h7-9,11H,5-6,10H2,1-4H3,(H,19,20,22). The summed E-state index contributed by atoms with van der Waals surface area (Å²) in [7, 11) is 0. The zero-order chi connectivity index (χ0) is 16.6. The number of fused-ring (bicyclic) bond motifs is 1. The third kappa shape index (κ3) is 3.23. The summed E-state index contributed by atoms with van der Waals surface area (Å²) in [6, 6.07) is 6.04. The van der Waals surface area contributed by atoms with E-state index in [1.807, 2.05) is 18.7 Å². The molecule has 23 heavy (non-hydrogen) atoms. The van der Waals surface area contributed by atoms with Crippen molar-refractivity contribution in [2.45, 2.75) is 46.6 Å². The van der Waals surface area contributed by atoms with Gasteiger partial charge in [-0.2, -0.15) is 0 Å². The molecule has 0 saturated carbocycles. The third-order valence-corrected chi connectivity index (χ3v) is 4.32. The lowest BCUT2D eigenvalue weighted by Crippen LogP contribution is -2.39. The lowest BCUT2D eigenvalue weighted by Gasteiger charge is -2.30. The molecule has 2 heterocycles. The highest BCUT2D eigenvalue weighted by atomic mass is 16.5. The molecule has 1 aromatic heterocycles. The van der Waals surface area contributed by atoms with Crippen molar-refractivity contribution < 1.29 is 9.32 Å². The monoisotopic (exact) mass is 313 g/mol. The van der Waals surface area contributed by atoms with Gasteiger partial charge < -0.3 is 9.42 Å². The van der Waals surface area contributed by atoms with E-state index >= 15 is 0 Å². The second-order valence-corrected chi connectivity index (χ2v) is 6.59. The van der Waals surface area contributed by atoms with Gasteiger partial charge in [0.1, 0.15) is 5.76 Å². The average Bonchev–Trinajstić information content (AvgIpc) is 2.95. The first-order valence-corrected chi connectivity index (χ1v) is 8.05. The van der Waals surface area contributed by atoms with Gasteiger partial charge >= 0.3 is 6.03 Å². The molecule has 0 aliphatic carbocycles. The van der Waals surface area contributed by atoms with Crippen LogP contribution in [0, 0.1) is 13.8 Å². The summed E-state index contributed by atoms with van der Waals surface area (Å²) < 4.78 is 5.22. The van der Waals surface area contributed by atoms with Crippen molar-refractivity contribution in [3.8, 4) is 0 Å². The van der Waals surface area contributed by atoms with E-state index < -0.39 is 0 Å². The van der Waals surface area contributed by atoms with Gasteiger partial charge in [0.25, 0.3) is 0 Å². The molecular weight excluding hydrogens is 290 g/mol. The lowest BCUT2D eigenvalue weighted by molar-refractivity contribution is 0.206. The normalized spacial score (nSPS) is 14.0. The van der Waals surface area contributed by atoms with Crippen LogP contribution in [0.15, 0.2) is 22.7 Å². The van der Waals surface area contributed by atoms with E-state index in [4.69, 9.17) is 4.52 Å². The van der Waals surface area contributed by atoms with Gasteiger partial charge in [0.05, 0.1) is 0 Å². The van der Waals surface area contributed by atoms with Crippen LogP contribution in [0.4, 0.5) is 10.6 Å². The van der Waals surface area contributed by atoms with E-state index in [9.17, 15) is 4.79 Å². The van der Waals surface area contributed by atoms with E-state index in [1.165, 1.54) is 22.3 Å². The molecule has 2 aromatic rings. The molecule has 0 radical (unpaired) electrons.